The number of hydrogen-bond donors (Lipinski definition) is 1. The van der Waals surface area contributed by atoms with E-state index in [0.29, 0.717) is 6.04 Å². The van der Waals surface area contributed by atoms with Gasteiger partial charge in [0, 0.05) is 6.04 Å². The normalized spacial score (nSPS) is 29.6. The molecule has 128 valence electrons. The maximum Gasteiger partial charge on any atom is 0.311 e. The molecule has 1 saturated carbocycles. The Morgan fingerprint density at radius 2 is 2.00 bits per heavy atom. The van der Waals surface area contributed by atoms with Crippen molar-refractivity contribution in [3.8, 4) is 0 Å². The smallest absolute Gasteiger partial charge is 0.311 e. The molecule has 2 atom stereocenters. The second-order valence-corrected chi connectivity index (χ2v) is 8.00. The van der Waals surface area contributed by atoms with Crippen LogP contribution < -0.4 is 0 Å². The second kappa shape index (κ2) is 6.03. The molecule has 2 unspecified atom stereocenters. The fourth-order valence-electron chi connectivity index (χ4n) is 5.34. The van der Waals surface area contributed by atoms with Crippen LogP contribution in [0.2, 0.25) is 0 Å². The van der Waals surface area contributed by atoms with Crippen molar-refractivity contribution in [2.24, 2.45) is 0 Å². The Bertz CT molecular complexity index is 658. The Kier molecular flexibility index (Phi) is 4.00. The molecule has 3 heteroatoms. The number of aliphatic carboxylic acids is 1. The molecule has 0 radical (unpaired) electrons. The lowest BCUT2D eigenvalue weighted by Crippen LogP contribution is -2.47. The van der Waals surface area contributed by atoms with Crippen molar-refractivity contribution in [1.29, 1.82) is 0 Å². The van der Waals surface area contributed by atoms with Gasteiger partial charge < -0.3 is 10.0 Å². The van der Waals surface area contributed by atoms with Crippen LogP contribution in [0.4, 0.5) is 0 Å². The first-order valence-electron chi connectivity index (χ1n) is 9.32. The monoisotopic (exact) mass is 325 g/mol. The summed E-state index contributed by atoms with van der Waals surface area (Å²) < 4.78 is 0. The van der Waals surface area contributed by atoms with E-state index >= 15 is 0 Å². The van der Waals surface area contributed by atoms with Crippen LogP contribution >= 0.6 is 0 Å². The standard InChI is InChI=1S/C21H27NO2/c1-15-5-4-6-16(13-15)22-11-9-21(10-12-22)14-18(20(23)24)17-7-2-3-8-19(17)21/h2-3,7-8,16,18H,1,4-6,9-14H2,(H,23,24). The molecule has 1 aliphatic heterocycles. The van der Waals surface area contributed by atoms with Gasteiger partial charge in [-0.25, -0.2) is 0 Å². The first-order chi connectivity index (χ1) is 11.6. The number of carboxylic acid groups (broad SMARTS) is 1. The zero-order valence-corrected chi connectivity index (χ0v) is 14.3. The average molecular weight is 325 g/mol. The quantitative estimate of drug-likeness (QED) is 0.833. The van der Waals surface area contributed by atoms with Crippen molar-refractivity contribution >= 4 is 5.97 Å². The van der Waals surface area contributed by atoms with Gasteiger partial charge in [-0.15, -0.1) is 0 Å². The SMILES string of the molecule is C=C1CCCC(N2CCC3(CC2)CC(C(=O)O)c2ccccc23)C1. The summed E-state index contributed by atoms with van der Waals surface area (Å²) in [6, 6.07) is 8.92. The topological polar surface area (TPSA) is 40.5 Å². The number of rotatable bonds is 2. The van der Waals surface area contributed by atoms with Crippen LogP contribution in [-0.2, 0) is 10.2 Å². The van der Waals surface area contributed by atoms with Crippen molar-refractivity contribution < 1.29 is 9.90 Å². The van der Waals surface area contributed by atoms with Crippen LogP contribution in [0.1, 0.15) is 62.0 Å². The molecule has 0 amide bonds. The third kappa shape index (κ3) is 2.59. The Morgan fingerprint density at radius 1 is 1.25 bits per heavy atom. The number of carboxylic acids is 1. The summed E-state index contributed by atoms with van der Waals surface area (Å²) in [5, 5.41) is 9.64. The molecule has 0 bridgehead atoms. The van der Waals surface area contributed by atoms with Crippen LogP contribution in [0.3, 0.4) is 0 Å². The average Bonchev–Trinajstić information content (AvgIpc) is 2.91. The fourth-order valence-corrected chi connectivity index (χ4v) is 5.34. The van der Waals surface area contributed by atoms with E-state index in [-0.39, 0.29) is 11.3 Å². The molecule has 0 aromatic heterocycles. The highest BCUT2D eigenvalue weighted by Crippen LogP contribution is 2.52. The van der Waals surface area contributed by atoms with Crippen LogP contribution in [0.15, 0.2) is 36.4 Å². The number of benzene rings is 1. The van der Waals surface area contributed by atoms with Gasteiger partial charge in [-0.1, -0.05) is 36.4 Å². The number of nitrogens with zero attached hydrogens (tertiary/aromatic N) is 1. The highest BCUT2D eigenvalue weighted by atomic mass is 16.4. The number of hydrogen-bond acceptors (Lipinski definition) is 2. The molecule has 1 aromatic rings. The Balaban J connectivity index is 1.52. The van der Waals surface area contributed by atoms with E-state index in [9.17, 15) is 9.90 Å². The molecule has 1 spiro atoms. The number of piperidine rings is 1. The van der Waals surface area contributed by atoms with E-state index < -0.39 is 5.97 Å². The lowest BCUT2D eigenvalue weighted by Gasteiger charge is -2.44. The Labute approximate surface area is 144 Å². The number of fused-ring (bicyclic) bond motifs is 2. The minimum Gasteiger partial charge on any atom is -0.481 e. The van der Waals surface area contributed by atoms with E-state index in [0.717, 1.165) is 44.3 Å². The summed E-state index contributed by atoms with van der Waals surface area (Å²) >= 11 is 0. The van der Waals surface area contributed by atoms with Crippen molar-refractivity contribution in [2.75, 3.05) is 13.1 Å². The molecule has 1 heterocycles. The summed E-state index contributed by atoms with van der Waals surface area (Å²) in [6.45, 7) is 6.39. The third-order valence-corrected chi connectivity index (χ3v) is 6.66. The van der Waals surface area contributed by atoms with E-state index in [1.807, 2.05) is 12.1 Å². The van der Waals surface area contributed by atoms with Gasteiger partial charge in [0.1, 0.15) is 0 Å². The zero-order valence-electron chi connectivity index (χ0n) is 14.3. The predicted octanol–water partition coefficient (Wildman–Crippen LogP) is 4.09. The van der Waals surface area contributed by atoms with Crippen LogP contribution in [-0.4, -0.2) is 35.1 Å². The van der Waals surface area contributed by atoms with Crippen LogP contribution in [0.25, 0.3) is 0 Å². The van der Waals surface area contributed by atoms with E-state index in [4.69, 9.17) is 0 Å². The molecule has 1 saturated heterocycles. The minimum absolute atomic E-state index is 0.0851. The summed E-state index contributed by atoms with van der Waals surface area (Å²) in [5.74, 6) is -0.979. The molecule has 3 nitrogen and oxygen atoms in total. The van der Waals surface area contributed by atoms with Gasteiger partial charge in [0.15, 0.2) is 0 Å². The maximum atomic E-state index is 11.7. The molecule has 24 heavy (non-hydrogen) atoms. The van der Waals surface area contributed by atoms with E-state index in [2.05, 4.69) is 23.6 Å². The summed E-state index contributed by atoms with van der Waals surface area (Å²) in [5.41, 5.74) is 3.86. The summed E-state index contributed by atoms with van der Waals surface area (Å²) in [6.07, 6.45) is 7.89. The highest BCUT2D eigenvalue weighted by molar-refractivity contribution is 5.78. The van der Waals surface area contributed by atoms with E-state index in [1.54, 1.807) is 0 Å². The summed E-state index contributed by atoms with van der Waals surface area (Å²) in [7, 11) is 0. The van der Waals surface area contributed by atoms with Gasteiger partial charge in [0.25, 0.3) is 0 Å². The molecular weight excluding hydrogens is 298 g/mol. The second-order valence-electron chi connectivity index (χ2n) is 8.00. The first-order valence-corrected chi connectivity index (χ1v) is 9.32. The Hall–Kier alpha value is -1.61. The van der Waals surface area contributed by atoms with Gasteiger partial charge >= 0.3 is 5.97 Å². The molecule has 3 aliphatic rings. The minimum atomic E-state index is -0.662. The van der Waals surface area contributed by atoms with Gasteiger partial charge in [-0.05, 0) is 74.6 Å². The number of likely N-dealkylation sites (tertiary alicyclic amines) is 1. The molecule has 4 rings (SSSR count). The third-order valence-electron chi connectivity index (χ3n) is 6.66. The Morgan fingerprint density at radius 3 is 2.71 bits per heavy atom. The van der Waals surface area contributed by atoms with Gasteiger partial charge in [0.2, 0.25) is 0 Å². The largest absolute Gasteiger partial charge is 0.481 e. The molecule has 1 N–H and O–H groups in total. The van der Waals surface area contributed by atoms with Crippen LogP contribution in [0.5, 0.6) is 0 Å². The molecule has 1 aromatic carbocycles. The van der Waals surface area contributed by atoms with Gasteiger partial charge in [-0.2, -0.15) is 0 Å². The first kappa shape index (κ1) is 15.9. The lowest BCUT2D eigenvalue weighted by atomic mass is 9.72. The molecular formula is C21H27NO2. The van der Waals surface area contributed by atoms with Crippen molar-refractivity contribution in [1.82, 2.24) is 4.90 Å². The molecule has 2 fully saturated rings. The zero-order chi connectivity index (χ0) is 16.7. The maximum absolute atomic E-state index is 11.7. The van der Waals surface area contributed by atoms with Crippen molar-refractivity contribution in [3.63, 3.8) is 0 Å². The lowest BCUT2D eigenvalue weighted by molar-refractivity contribution is -0.139. The summed E-state index contributed by atoms with van der Waals surface area (Å²) in [4.78, 5) is 14.4. The number of carbonyl (C=O) groups is 1. The van der Waals surface area contributed by atoms with Crippen molar-refractivity contribution in [2.45, 2.75) is 62.3 Å². The fraction of sp³-hybridized carbons (Fsp3) is 0.571. The predicted molar refractivity (Wildman–Crippen MR) is 95.3 cm³/mol. The van der Waals surface area contributed by atoms with Gasteiger partial charge in [0.05, 0.1) is 5.92 Å². The van der Waals surface area contributed by atoms with Crippen molar-refractivity contribution in [3.05, 3.63) is 47.5 Å². The van der Waals surface area contributed by atoms with Crippen LogP contribution in [0, 0.1) is 0 Å². The molecule has 2 aliphatic carbocycles. The van der Waals surface area contributed by atoms with Gasteiger partial charge in [-0.3, -0.25) is 4.79 Å². The van der Waals surface area contributed by atoms with E-state index in [1.165, 1.54) is 30.4 Å². The highest BCUT2D eigenvalue weighted by Gasteiger charge is 2.48.